The molecule has 29 heavy (non-hydrogen) atoms. The van der Waals surface area contributed by atoms with E-state index in [2.05, 4.69) is 0 Å². The summed E-state index contributed by atoms with van der Waals surface area (Å²) < 4.78 is 15.7. The van der Waals surface area contributed by atoms with Gasteiger partial charge in [-0.2, -0.15) is 0 Å². The second-order valence-electron chi connectivity index (χ2n) is 6.75. The van der Waals surface area contributed by atoms with Crippen molar-refractivity contribution in [3.05, 3.63) is 65.2 Å². The summed E-state index contributed by atoms with van der Waals surface area (Å²) in [4.78, 5) is 24.4. The van der Waals surface area contributed by atoms with Crippen LogP contribution >= 0.6 is 0 Å². The van der Waals surface area contributed by atoms with Gasteiger partial charge in [-0.1, -0.05) is 18.2 Å². The van der Waals surface area contributed by atoms with E-state index in [0.29, 0.717) is 11.1 Å². The Morgan fingerprint density at radius 3 is 2.45 bits per heavy atom. The van der Waals surface area contributed by atoms with Gasteiger partial charge in [0, 0.05) is 0 Å². The third-order valence-corrected chi connectivity index (χ3v) is 4.62. The SMILES string of the molecule is Cc1cc(OC(=O)c2ccccc2)ccc1C(=O)OC[C@H]1OC[C@H](O)[C@@H](O)[C@H]1O. The zero-order chi connectivity index (χ0) is 21.0. The van der Waals surface area contributed by atoms with Crippen molar-refractivity contribution in [2.45, 2.75) is 31.3 Å². The van der Waals surface area contributed by atoms with Crippen LogP contribution in [-0.4, -0.2) is 64.9 Å². The molecule has 2 aromatic rings. The average molecular weight is 402 g/mol. The average Bonchev–Trinajstić information content (AvgIpc) is 2.72. The van der Waals surface area contributed by atoms with Gasteiger partial charge < -0.3 is 29.5 Å². The van der Waals surface area contributed by atoms with Gasteiger partial charge in [-0.25, -0.2) is 9.59 Å². The number of carbonyl (C=O) groups is 2. The summed E-state index contributed by atoms with van der Waals surface area (Å²) >= 11 is 0. The van der Waals surface area contributed by atoms with Crippen LogP contribution in [0.15, 0.2) is 48.5 Å². The van der Waals surface area contributed by atoms with Gasteiger partial charge in [0.2, 0.25) is 0 Å². The maximum absolute atomic E-state index is 12.3. The molecule has 0 radical (unpaired) electrons. The Balaban J connectivity index is 1.59. The fourth-order valence-corrected chi connectivity index (χ4v) is 2.92. The molecule has 154 valence electrons. The smallest absolute Gasteiger partial charge is 0.343 e. The van der Waals surface area contributed by atoms with Crippen molar-refractivity contribution in [1.82, 2.24) is 0 Å². The normalized spacial score (nSPS) is 24.0. The topological polar surface area (TPSA) is 123 Å². The number of rotatable bonds is 5. The number of esters is 2. The first-order valence-corrected chi connectivity index (χ1v) is 9.07. The third-order valence-electron chi connectivity index (χ3n) is 4.62. The van der Waals surface area contributed by atoms with E-state index in [4.69, 9.17) is 14.2 Å². The van der Waals surface area contributed by atoms with Gasteiger partial charge in [-0.05, 0) is 42.8 Å². The van der Waals surface area contributed by atoms with E-state index in [-0.39, 0.29) is 24.5 Å². The lowest BCUT2D eigenvalue weighted by Crippen LogP contribution is -2.54. The van der Waals surface area contributed by atoms with Crippen LogP contribution in [0.4, 0.5) is 0 Å². The molecule has 0 bridgehead atoms. The highest BCUT2D eigenvalue weighted by Gasteiger charge is 2.38. The first-order valence-electron chi connectivity index (χ1n) is 9.07. The number of aliphatic hydroxyl groups is 3. The molecule has 8 nitrogen and oxygen atoms in total. The summed E-state index contributed by atoms with van der Waals surface area (Å²) in [5.74, 6) is -0.875. The molecule has 2 aromatic carbocycles. The van der Waals surface area contributed by atoms with E-state index < -0.39 is 36.4 Å². The van der Waals surface area contributed by atoms with Gasteiger partial charge in [-0.15, -0.1) is 0 Å². The van der Waals surface area contributed by atoms with Crippen molar-refractivity contribution in [2.75, 3.05) is 13.2 Å². The third kappa shape index (κ3) is 4.99. The maximum atomic E-state index is 12.3. The van der Waals surface area contributed by atoms with Crippen molar-refractivity contribution in [1.29, 1.82) is 0 Å². The molecule has 1 saturated heterocycles. The van der Waals surface area contributed by atoms with Crippen LogP contribution in [0.5, 0.6) is 5.75 Å². The van der Waals surface area contributed by atoms with Crippen LogP contribution in [-0.2, 0) is 9.47 Å². The van der Waals surface area contributed by atoms with E-state index in [9.17, 15) is 24.9 Å². The highest BCUT2D eigenvalue weighted by Crippen LogP contribution is 2.21. The lowest BCUT2D eigenvalue weighted by atomic mass is 10.0. The molecule has 0 spiro atoms. The zero-order valence-electron chi connectivity index (χ0n) is 15.7. The summed E-state index contributed by atoms with van der Waals surface area (Å²) in [5, 5.41) is 29.0. The predicted molar refractivity (Wildman–Crippen MR) is 101 cm³/mol. The highest BCUT2D eigenvalue weighted by molar-refractivity contribution is 5.92. The fourth-order valence-electron chi connectivity index (χ4n) is 2.92. The van der Waals surface area contributed by atoms with Gasteiger partial charge >= 0.3 is 11.9 Å². The van der Waals surface area contributed by atoms with Gasteiger partial charge in [-0.3, -0.25) is 0 Å². The molecular formula is C21H22O8. The molecule has 0 saturated carbocycles. The largest absolute Gasteiger partial charge is 0.459 e. The molecule has 0 unspecified atom stereocenters. The number of carbonyl (C=O) groups excluding carboxylic acids is 2. The van der Waals surface area contributed by atoms with Crippen LogP contribution < -0.4 is 4.74 Å². The van der Waals surface area contributed by atoms with E-state index in [1.165, 1.54) is 12.1 Å². The molecule has 4 atom stereocenters. The highest BCUT2D eigenvalue weighted by atomic mass is 16.6. The minimum atomic E-state index is -1.37. The van der Waals surface area contributed by atoms with Crippen molar-refractivity contribution in [3.63, 3.8) is 0 Å². The minimum absolute atomic E-state index is 0.166. The quantitative estimate of drug-likeness (QED) is 0.497. The van der Waals surface area contributed by atoms with Crippen molar-refractivity contribution in [3.8, 4) is 5.75 Å². The van der Waals surface area contributed by atoms with E-state index >= 15 is 0 Å². The Morgan fingerprint density at radius 1 is 1.03 bits per heavy atom. The Kier molecular flexibility index (Phi) is 6.60. The molecule has 1 fully saturated rings. The van der Waals surface area contributed by atoms with Crippen LogP contribution in [0.2, 0.25) is 0 Å². The van der Waals surface area contributed by atoms with Gasteiger partial charge in [0.25, 0.3) is 0 Å². The molecule has 0 amide bonds. The van der Waals surface area contributed by atoms with E-state index in [1.54, 1.807) is 43.3 Å². The second-order valence-corrected chi connectivity index (χ2v) is 6.75. The molecule has 1 heterocycles. The zero-order valence-corrected chi connectivity index (χ0v) is 15.7. The molecule has 3 rings (SSSR count). The van der Waals surface area contributed by atoms with Crippen LogP contribution in [0.3, 0.4) is 0 Å². The number of benzene rings is 2. The number of aliphatic hydroxyl groups excluding tert-OH is 3. The van der Waals surface area contributed by atoms with Crippen LogP contribution in [0.1, 0.15) is 26.3 Å². The van der Waals surface area contributed by atoms with Gasteiger partial charge in [0.1, 0.15) is 36.8 Å². The standard InChI is InChI=1S/C21H22O8/c1-12-9-14(29-20(25)13-5-3-2-4-6-13)7-8-15(12)21(26)28-11-17-19(24)18(23)16(22)10-27-17/h2-9,16-19,22-24H,10-11H2,1H3/t16-,17+,18+,19-/m0/s1. The molecule has 1 aliphatic rings. The molecule has 0 aliphatic carbocycles. The lowest BCUT2D eigenvalue weighted by molar-refractivity contribution is -0.195. The Labute approximate surface area is 167 Å². The molecule has 0 aromatic heterocycles. The number of hydrogen-bond acceptors (Lipinski definition) is 8. The number of aryl methyl sites for hydroxylation is 1. The molecule has 1 aliphatic heterocycles. The lowest BCUT2D eigenvalue weighted by Gasteiger charge is -2.34. The summed E-state index contributed by atoms with van der Waals surface area (Å²) in [6, 6.07) is 13.0. The Morgan fingerprint density at radius 2 is 1.76 bits per heavy atom. The maximum Gasteiger partial charge on any atom is 0.343 e. The van der Waals surface area contributed by atoms with E-state index in [1.807, 2.05) is 0 Å². The Bertz CT molecular complexity index is 866. The fraction of sp³-hybridized carbons (Fsp3) is 0.333. The Hall–Kier alpha value is -2.78. The van der Waals surface area contributed by atoms with Crippen LogP contribution in [0, 0.1) is 6.92 Å². The molecular weight excluding hydrogens is 380 g/mol. The predicted octanol–water partition coefficient (Wildman–Crippen LogP) is 0.853. The summed E-state index contributed by atoms with van der Waals surface area (Å²) in [5.41, 5.74) is 1.20. The summed E-state index contributed by atoms with van der Waals surface area (Å²) in [7, 11) is 0. The first kappa shape index (κ1) is 20.9. The summed E-state index contributed by atoms with van der Waals surface area (Å²) in [6.07, 6.45) is -4.87. The van der Waals surface area contributed by atoms with E-state index in [0.717, 1.165) is 0 Å². The summed E-state index contributed by atoms with van der Waals surface area (Å²) in [6.45, 7) is 1.22. The van der Waals surface area contributed by atoms with Crippen molar-refractivity contribution < 1.29 is 39.1 Å². The van der Waals surface area contributed by atoms with Gasteiger partial charge in [0.15, 0.2) is 0 Å². The van der Waals surface area contributed by atoms with Gasteiger partial charge in [0.05, 0.1) is 17.7 Å². The molecule has 3 N–H and O–H groups in total. The second kappa shape index (κ2) is 9.15. The first-order chi connectivity index (χ1) is 13.9. The molecule has 8 heteroatoms. The minimum Gasteiger partial charge on any atom is -0.459 e. The monoisotopic (exact) mass is 402 g/mol. The number of hydrogen-bond donors (Lipinski definition) is 3. The van der Waals surface area contributed by atoms with Crippen LogP contribution in [0.25, 0.3) is 0 Å². The van der Waals surface area contributed by atoms with Crippen molar-refractivity contribution >= 4 is 11.9 Å². The number of ether oxygens (including phenoxy) is 3. The van der Waals surface area contributed by atoms with Crippen molar-refractivity contribution in [2.24, 2.45) is 0 Å².